The Balaban J connectivity index is 1.69. The van der Waals surface area contributed by atoms with Gasteiger partial charge in [0.2, 0.25) is 5.91 Å². The molecule has 0 radical (unpaired) electrons. The van der Waals surface area contributed by atoms with Gasteiger partial charge >= 0.3 is 0 Å². The highest BCUT2D eigenvalue weighted by molar-refractivity contribution is 5.89. The highest BCUT2D eigenvalue weighted by Crippen LogP contribution is 2.29. The van der Waals surface area contributed by atoms with Gasteiger partial charge in [0.05, 0.1) is 13.3 Å². The minimum Gasteiger partial charge on any atom is -0.497 e. The zero-order chi connectivity index (χ0) is 19.4. The van der Waals surface area contributed by atoms with Crippen LogP contribution in [-0.4, -0.2) is 65.3 Å². The zero-order valence-electron chi connectivity index (χ0n) is 16.6. The molecule has 0 aliphatic carbocycles. The molecule has 1 aromatic heterocycles. The Labute approximate surface area is 160 Å². The second-order valence-corrected chi connectivity index (χ2v) is 7.37. The average Bonchev–Trinajstić information content (AvgIpc) is 3.07. The monoisotopic (exact) mass is 371 g/mol. The van der Waals surface area contributed by atoms with Crippen molar-refractivity contribution in [2.75, 3.05) is 39.6 Å². The molecule has 27 heavy (non-hydrogen) atoms. The lowest BCUT2D eigenvalue weighted by Gasteiger charge is -2.42. The van der Waals surface area contributed by atoms with Crippen molar-refractivity contribution < 1.29 is 9.53 Å². The predicted octanol–water partition coefficient (Wildman–Crippen LogP) is 1.96. The molecule has 7 heteroatoms. The fourth-order valence-electron chi connectivity index (χ4n) is 3.64. The summed E-state index contributed by atoms with van der Waals surface area (Å²) in [5, 5.41) is 7.70. The first-order valence-electron chi connectivity index (χ1n) is 9.27. The highest BCUT2D eigenvalue weighted by atomic mass is 16.5. The number of nitrogens with zero attached hydrogens (tertiary/aromatic N) is 4. The molecule has 146 valence electrons. The topological polar surface area (TPSA) is 62.6 Å². The minimum absolute atomic E-state index is 0.118. The fraction of sp³-hybridized carbons (Fsp3) is 0.500. The van der Waals surface area contributed by atoms with E-state index in [2.05, 4.69) is 27.4 Å². The van der Waals surface area contributed by atoms with Crippen LogP contribution in [0, 0.1) is 0 Å². The largest absolute Gasteiger partial charge is 0.497 e. The summed E-state index contributed by atoms with van der Waals surface area (Å²) in [4.78, 5) is 17.1. The summed E-state index contributed by atoms with van der Waals surface area (Å²) < 4.78 is 7.00. The number of rotatable bonds is 6. The lowest BCUT2D eigenvalue weighted by atomic mass is 9.85. The van der Waals surface area contributed by atoms with Crippen LogP contribution in [0.25, 0.3) is 0 Å². The number of aryl methyl sites for hydroxylation is 1. The van der Waals surface area contributed by atoms with Gasteiger partial charge in [-0.1, -0.05) is 12.1 Å². The number of ether oxygens (including phenoxy) is 1. The lowest BCUT2D eigenvalue weighted by Crippen LogP contribution is -2.58. The van der Waals surface area contributed by atoms with Crippen molar-refractivity contribution in [2.45, 2.75) is 24.9 Å². The third-order valence-electron chi connectivity index (χ3n) is 5.28. The number of aromatic nitrogens is 2. The molecule has 0 spiro atoms. The number of hydrogen-bond donors (Lipinski definition) is 1. The van der Waals surface area contributed by atoms with E-state index in [4.69, 9.17) is 4.74 Å². The van der Waals surface area contributed by atoms with Crippen molar-refractivity contribution >= 4 is 11.7 Å². The molecule has 7 nitrogen and oxygen atoms in total. The average molecular weight is 371 g/mol. The molecule has 0 unspecified atom stereocenters. The SMILES string of the molecule is COc1ccc(CN2CCC(Nc3ccnn3C)(C(=O)N(C)C)CC2)cc1. The summed E-state index contributed by atoms with van der Waals surface area (Å²) in [6, 6.07) is 10.1. The fourth-order valence-corrected chi connectivity index (χ4v) is 3.64. The second kappa shape index (κ2) is 8.00. The Kier molecular flexibility index (Phi) is 5.70. The Bertz CT molecular complexity index is 761. The maximum absolute atomic E-state index is 13.0. The van der Waals surface area contributed by atoms with Crippen LogP contribution in [0.4, 0.5) is 5.82 Å². The number of amides is 1. The minimum atomic E-state index is -0.590. The van der Waals surface area contributed by atoms with Crippen molar-refractivity contribution in [1.29, 1.82) is 0 Å². The number of benzene rings is 1. The molecule has 1 aliphatic rings. The van der Waals surface area contributed by atoms with Crippen LogP contribution in [0.1, 0.15) is 18.4 Å². The van der Waals surface area contributed by atoms with Gasteiger partial charge in [-0.05, 0) is 30.5 Å². The van der Waals surface area contributed by atoms with Gasteiger partial charge in [-0.2, -0.15) is 5.10 Å². The normalized spacial score (nSPS) is 16.7. The van der Waals surface area contributed by atoms with E-state index in [0.717, 1.165) is 44.0 Å². The Morgan fingerprint density at radius 2 is 1.89 bits per heavy atom. The second-order valence-electron chi connectivity index (χ2n) is 7.37. The van der Waals surface area contributed by atoms with Crippen LogP contribution in [-0.2, 0) is 18.4 Å². The van der Waals surface area contributed by atoms with Crippen LogP contribution < -0.4 is 10.1 Å². The molecule has 1 aromatic carbocycles. The van der Waals surface area contributed by atoms with E-state index < -0.39 is 5.54 Å². The van der Waals surface area contributed by atoms with Crippen molar-refractivity contribution in [2.24, 2.45) is 7.05 Å². The third-order valence-corrected chi connectivity index (χ3v) is 5.28. The van der Waals surface area contributed by atoms with Gasteiger partial charge in [-0.3, -0.25) is 14.4 Å². The van der Waals surface area contributed by atoms with Crippen LogP contribution in [0.3, 0.4) is 0 Å². The number of methoxy groups -OCH3 is 1. The van der Waals surface area contributed by atoms with Crippen molar-refractivity contribution in [3.8, 4) is 5.75 Å². The van der Waals surface area contributed by atoms with Gasteiger partial charge in [-0.25, -0.2) is 0 Å². The Morgan fingerprint density at radius 1 is 1.22 bits per heavy atom. The number of nitrogens with one attached hydrogen (secondary N) is 1. The van der Waals surface area contributed by atoms with Crippen molar-refractivity contribution in [3.05, 3.63) is 42.1 Å². The Hall–Kier alpha value is -2.54. The van der Waals surface area contributed by atoms with E-state index in [1.807, 2.05) is 39.3 Å². The summed E-state index contributed by atoms with van der Waals surface area (Å²) in [6.07, 6.45) is 3.26. The first-order chi connectivity index (χ1) is 12.9. The van der Waals surface area contributed by atoms with E-state index >= 15 is 0 Å². The highest BCUT2D eigenvalue weighted by Gasteiger charge is 2.42. The van der Waals surface area contributed by atoms with Crippen LogP contribution in [0.15, 0.2) is 36.5 Å². The van der Waals surface area contributed by atoms with E-state index in [0.29, 0.717) is 0 Å². The van der Waals surface area contributed by atoms with Crippen molar-refractivity contribution in [1.82, 2.24) is 19.6 Å². The molecule has 1 fully saturated rings. The molecule has 1 saturated heterocycles. The number of carbonyl (C=O) groups excluding carboxylic acids is 1. The molecule has 1 aliphatic heterocycles. The number of piperidine rings is 1. The van der Waals surface area contributed by atoms with E-state index in [-0.39, 0.29) is 5.91 Å². The number of carbonyl (C=O) groups is 1. The van der Waals surface area contributed by atoms with Crippen molar-refractivity contribution in [3.63, 3.8) is 0 Å². The third kappa shape index (κ3) is 4.24. The van der Waals surface area contributed by atoms with Gasteiger partial charge in [0.1, 0.15) is 17.1 Å². The lowest BCUT2D eigenvalue weighted by molar-refractivity contribution is -0.135. The molecule has 0 atom stereocenters. The Morgan fingerprint density at radius 3 is 2.41 bits per heavy atom. The quantitative estimate of drug-likeness (QED) is 0.841. The first-order valence-corrected chi connectivity index (χ1v) is 9.27. The summed E-state index contributed by atoms with van der Waals surface area (Å²) in [5.74, 6) is 1.86. The molecule has 2 heterocycles. The molecule has 0 bridgehead atoms. The maximum atomic E-state index is 13.0. The van der Waals surface area contributed by atoms with Crippen LogP contribution in [0.2, 0.25) is 0 Å². The van der Waals surface area contributed by atoms with E-state index in [1.165, 1.54) is 5.56 Å². The predicted molar refractivity (Wildman–Crippen MR) is 106 cm³/mol. The van der Waals surface area contributed by atoms with Gasteiger partial charge in [0, 0.05) is 46.8 Å². The van der Waals surface area contributed by atoms with Gasteiger partial charge in [0.25, 0.3) is 0 Å². The first kappa shape index (κ1) is 19.2. The number of hydrogen-bond acceptors (Lipinski definition) is 5. The van der Waals surface area contributed by atoms with Gasteiger partial charge in [-0.15, -0.1) is 0 Å². The zero-order valence-corrected chi connectivity index (χ0v) is 16.6. The number of anilines is 1. The summed E-state index contributed by atoms with van der Waals surface area (Å²) in [6.45, 7) is 2.59. The smallest absolute Gasteiger partial charge is 0.247 e. The molecule has 2 aromatic rings. The van der Waals surface area contributed by atoms with Gasteiger partial charge < -0.3 is 15.0 Å². The molecule has 3 rings (SSSR count). The summed E-state index contributed by atoms with van der Waals surface area (Å²) in [7, 11) is 7.20. The van der Waals surface area contributed by atoms with E-state index in [9.17, 15) is 4.79 Å². The summed E-state index contributed by atoms with van der Waals surface area (Å²) >= 11 is 0. The molecular formula is C20H29N5O2. The van der Waals surface area contributed by atoms with Gasteiger partial charge in [0.15, 0.2) is 0 Å². The number of likely N-dealkylation sites (tertiary alicyclic amines) is 1. The molecule has 1 amide bonds. The number of likely N-dealkylation sites (N-methyl/N-ethyl adjacent to an activating group) is 1. The van der Waals surface area contributed by atoms with Crippen LogP contribution >= 0.6 is 0 Å². The molecular weight excluding hydrogens is 342 g/mol. The molecule has 0 saturated carbocycles. The van der Waals surface area contributed by atoms with E-state index in [1.54, 1.807) is 22.9 Å². The summed E-state index contributed by atoms with van der Waals surface area (Å²) in [5.41, 5.74) is 0.662. The standard InChI is InChI=1S/C20H29N5O2/c1-23(2)19(26)20(22-18-9-12-21-24(18)3)10-13-25(14-11-20)15-16-5-7-17(27-4)8-6-16/h5-9,12,22H,10-11,13-15H2,1-4H3. The van der Waals surface area contributed by atoms with Crippen LogP contribution in [0.5, 0.6) is 5.75 Å². The molecule has 1 N–H and O–H groups in total. The maximum Gasteiger partial charge on any atom is 0.247 e.